The Morgan fingerprint density at radius 2 is 2.10 bits per heavy atom. The van der Waals surface area contributed by atoms with Gasteiger partial charge in [-0.1, -0.05) is 19.9 Å². The molecule has 0 saturated heterocycles. The van der Waals surface area contributed by atoms with Gasteiger partial charge in [0.1, 0.15) is 5.69 Å². The molecular formula is C13H17N5O2. The lowest BCUT2D eigenvalue weighted by Gasteiger charge is -2.26. The first-order valence-electron chi connectivity index (χ1n) is 6.54. The molecule has 0 radical (unpaired) electrons. The monoisotopic (exact) mass is 275 g/mol. The van der Waals surface area contributed by atoms with Crippen molar-refractivity contribution in [2.45, 2.75) is 33.2 Å². The van der Waals surface area contributed by atoms with E-state index in [1.165, 1.54) is 4.68 Å². The molecule has 0 unspecified atom stereocenters. The lowest BCUT2D eigenvalue weighted by atomic mass is 9.82. The molecule has 7 nitrogen and oxygen atoms in total. The number of nitrogens with zero attached hydrogens (tertiary/aromatic N) is 5. The van der Waals surface area contributed by atoms with Gasteiger partial charge in [-0.3, -0.25) is 9.78 Å². The van der Waals surface area contributed by atoms with Crippen molar-refractivity contribution in [1.82, 2.24) is 25.2 Å². The van der Waals surface area contributed by atoms with Crippen molar-refractivity contribution in [3.05, 3.63) is 24.4 Å². The molecule has 0 aliphatic heterocycles. The first-order valence-corrected chi connectivity index (χ1v) is 6.54. The summed E-state index contributed by atoms with van der Waals surface area (Å²) in [5.74, 6) is -0.344. The molecule has 0 bridgehead atoms. The first-order chi connectivity index (χ1) is 9.63. The first kappa shape index (κ1) is 14.1. The van der Waals surface area contributed by atoms with Gasteiger partial charge in [0.15, 0.2) is 0 Å². The van der Waals surface area contributed by atoms with Crippen LogP contribution in [0.4, 0.5) is 0 Å². The summed E-state index contributed by atoms with van der Waals surface area (Å²) in [5, 5.41) is 21.0. The number of aromatic nitrogens is 5. The Morgan fingerprint density at radius 3 is 2.65 bits per heavy atom. The zero-order valence-corrected chi connectivity index (χ0v) is 11.5. The molecule has 2 aromatic rings. The van der Waals surface area contributed by atoms with E-state index in [0.717, 1.165) is 0 Å². The van der Waals surface area contributed by atoms with E-state index in [-0.39, 0.29) is 6.54 Å². The molecule has 106 valence electrons. The Labute approximate surface area is 116 Å². The lowest BCUT2D eigenvalue weighted by Crippen LogP contribution is -2.35. The van der Waals surface area contributed by atoms with E-state index < -0.39 is 11.4 Å². The molecule has 7 heteroatoms. The standard InChI is InChI=1S/C13H17N5O2/c1-3-13(4-2,12(19)20)9-18-11(15-16-17-18)10-7-5-6-8-14-10/h5-8H,3-4,9H2,1-2H3,(H,19,20). The van der Waals surface area contributed by atoms with Gasteiger partial charge >= 0.3 is 5.97 Å². The third kappa shape index (κ3) is 2.52. The second kappa shape index (κ2) is 5.77. The molecule has 20 heavy (non-hydrogen) atoms. The molecule has 0 spiro atoms. The summed E-state index contributed by atoms with van der Waals surface area (Å²) in [6, 6.07) is 5.44. The molecule has 1 N–H and O–H groups in total. The molecule has 0 saturated carbocycles. The number of carboxylic acid groups (broad SMARTS) is 1. The maximum Gasteiger partial charge on any atom is 0.311 e. The highest BCUT2D eigenvalue weighted by Gasteiger charge is 2.36. The third-order valence-corrected chi connectivity index (χ3v) is 3.69. The quantitative estimate of drug-likeness (QED) is 0.861. The highest BCUT2D eigenvalue weighted by molar-refractivity contribution is 5.74. The van der Waals surface area contributed by atoms with E-state index in [1.807, 2.05) is 19.9 Å². The van der Waals surface area contributed by atoms with Crippen LogP contribution in [0.5, 0.6) is 0 Å². The Hall–Kier alpha value is -2.31. The van der Waals surface area contributed by atoms with Crippen LogP contribution in [0.15, 0.2) is 24.4 Å². The fraction of sp³-hybridized carbons (Fsp3) is 0.462. The fourth-order valence-electron chi connectivity index (χ4n) is 2.12. The maximum absolute atomic E-state index is 11.6. The molecule has 2 heterocycles. The van der Waals surface area contributed by atoms with Crippen LogP contribution >= 0.6 is 0 Å². The summed E-state index contributed by atoms with van der Waals surface area (Å²) >= 11 is 0. The predicted molar refractivity (Wildman–Crippen MR) is 71.7 cm³/mol. The van der Waals surface area contributed by atoms with Gasteiger partial charge in [-0.25, -0.2) is 4.68 Å². The van der Waals surface area contributed by atoms with Crippen molar-refractivity contribution in [2.24, 2.45) is 5.41 Å². The van der Waals surface area contributed by atoms with E-state index in [0.29, 0.717) is 24.4 Å². The van der Waals surface area contributed by atoms with Crippen LogP contribution in [-0.4, -0.2) is 36.3 Å². The molecule has 0 atom stereocenters. The minimum Gasteiger partial charge on any atom is -0.481 e. The molecule has 0 aliphatic carbocycles. The highest BCUT2D eigenvalue weighted by atomic mass is 16.4. The summed E-state index contributed by atoms with van der Waals surface area (Å²) in [5.41, 5.74) is -0.233. The zero-order chi connectivity index (χ0) is 14.6. The van der Waals surface area contributed by atoms with Gasteiger partial charge in [0.2, 0.25) is 5.82 Å². The van der Waals surface area contributed by atoms with Crippen molar-refractivity contribution >= 4 is 5.97 Å². The summed E-state index contributed by atoms with van der Waals surface area (Å²) in [6.45, 7) is 3.96. The zero-order valence-electron chi connectivity index (χ0n) is 11.5. The predicted octanol–water partition coefficient (Wildman–Crippen LogP) is 1.63. The Balaban J connectivity index is 2.36. The van der Waals surface area contributed by atoms with E-state index in [1.54, 1.807) is 18.3 Å². The summed E-state index contributed by atoms with van der Waals surface area (Å²) in [7, 11) is 0. The van der Waals surface area contributed by atoms with Crippen LogP contribution in [0.3, 0.4) is 0 Å². The molecule has 2 aromatic heterocycles. The number of tetrazole rings is 1. The molecule has 0 aliphatic rings. The topological polar surface area (TPSA) is 93.8 Å². The van der Waals surface area contributed by atoms with Crippen LogP contribution < -0.4 is 0 Å². The summed E-state index contributed by atoms with van der Waals surface area (Å²) in [4.78, 5) is 15.8. The van der Waals surface area contributed by atoms with Gasteiger partial charge in [-0.05, 0) is 35.4 Å². The number of hydrogen-bond acceptors (Lipinski definition) is 5. The number of rotatable bonds is 6. The number of carbonyl (C=O) groups is 1. The average molecular weight is 275 g/mol. The lowest BCUT2D eigenvalue weighted by molar-refractivity contribution is -0.150. The molecular weight excluding hydrogens is 258 g/mol. The van der Waals surface area contributed by atoms with Gasteiger partial charge < -0.3 is 5.11 Å². The molecule has 0 aromatic carbocycles. The third-order valence-electron chi connectivity index (χ3n) is 3.69. The fourth-order valence-corrected chi connectivity index (χ4v) is 2.12. The molecule has 0 amide bonds. The SMILES string of the molecule is CCC(CC)(Cn1nnnc1-c1ccccn1)C(=O)O. The van der Waals surface area contributed by atoms with Crippen molar-refractivity contribution < 1.29 is 9.90 Å². The summed E-state index contributed by atoms with van der Waals surface area (Å²) < 4.78 is 1.52. The van der Waals surface area contributed by atoms with Gasteiger partial charge in [0, 0.05) is 6.20 Å². The van der Waals surface area contributed by atoms with E-state index >= 15 is 0 Å². The maximum atomic E-state index is 11.6. The second-order valence-corrected chi connectivity index (χ2v) is 4.67. The smallest absolute Gasteiger partial charge is 0.311 e. The van der Waals surface area contributed by atoms with Gasteiger partial charge in [-0.15, -0.1) is 5.10 Å². The Morgan fingerprint density at radius 1 is 1.35 bits per heavy atom. The van der Waals surface area contributed by atoms with Crippen LogP contribution in [0.25, 0.3) is 11.5 Å². The second-order valence-electron chi connectivity index (χ2n) is 4.67. The normalized spacial score (nSPS) is 11.5. The van der Waals surface area contributed by atoms with Gasteiger partial charge in [0.05, 0.1) is 12.0 Å². The van der Waals surface area contributed by atoms with Gasteiger partial charge in [-0.2, -0.15) is 0 Å². The Bertz CT molecular complexity index is 577. The van der Waals surface area contributed by atoms with E-state index in [2.05, 4.69) is 20.5 Å². The number of aliphatic carboxylic acids is 1. The number of pyridine rings is 1. The summed E-state index contributed by atoms with van der Waals surface area (Å²) in [6.07, 6.45) is 2.68. The van der Waals surface area contributed by atoms with Crippen LogP contribution in [0, 0.1) is 5.41 Å². The van der Waals surface area contributed by atoms with Crippen LogP contribution in [0.2, 0.25) is 0 Å². The largest absolute Gasteiger partial charge is 0.481 e. The van der Waals surface area contributed by atoms with Crippen molar-refractivity contribution in [1.29, 1.82) is 0 Å². The minimum absolute atomic E-state index is 0.230. The molecule has 0 fully saturated rings. The van der Waals surface area contributed by atoms with E-state index in [9.17, 15) is 9.90 Å². The van der Waals surface area contributed by atoms with E-state index in [4.69, 9.17) is 0 Å². The van der Waals surface area contributed by atoms with Crippen LogP contribution in [-0.2, 0) is 11.3 Å². The Kier molecular flexibility index (Phi) is 4.07. The highest BCUT2D eigenvalue weighted by Crippen LogP contribution is 2.30. The minimum atomic E-state index is -0.862. The number of carboxylic acids is 1. The van der Waals surface area contributed by atoms with Crippen LogP contribution in [0.1, 0.15) is 26.7 Å². The number of hydrogen-bond donors (Lipinski definition) is 1. The van der Waals surface area contributed by atoms with Crippen molar-refractivity contribution in [2.75, 3.05) is 0 Å². The van der Waals surface area contributed by atoms with Gasteiger partial charge in [0.25, 0.3) is 0 Å². The molecule has 2 rings (SSSR count). The van der Waals surface area contributed by atoms with Crippen molar-refractivity contribution in [3.63, 3.8) is 0 Å². The van der Waals surface area contributed by atoms with Crippen molar-refractivity contribution in [3.8, 4) is 11.5 Å². The average Bonchev–Trinajstić information content (AvgIpc) is 2.93.